The lowest BCUT2D eigenvalue weighted by Crippen LogP contribution is -2.62. The van der Waals surface area contributed by atoms with Gasteiger partial charge in [0, 0.05) is 32.2 Å². The second kappa shape index (κ2) is 4.99. The summed E-state index contributed by atoms with van der Waals surface area (Å²) in [6.45, 7) is 4.85. The Kier molecular flexibility index (Phi) is 3.34. The summed E-state index contributed by atoms with van der Waals surface area (Å²) in [5.74, 6) is 0.0222. The standard InChI is InChI=1S/C11H16ClN5O2/c12-8-9(14-15-10(8)13)11(18)17-5-7(6-17)16-1-3-19-4-2-16/h7H,1-6H2,(H3,13,14,15). The number of carbonyl (C=O) groups is 1. The number of nitrogens with two attached hydrogens (primary N) is 1. The number of hydrogen-bond acceptors (Lipinski definition) is 5. The number of ether oxygens (including phenoxy) is 1. The Morgan fingerprint density at radius 2 is 2.11 bits per heavy atom. The van der Waals surface area contributed by atoms with Crippen molar-refractivity contribution < 1.29 is 9.53 Å². The molecular formula is C11H16ClN5O2. The number of nitrogens with one attached hydrogen (secondary N) is 1. The molecule has 0 aromatic carbocycles. The number of carbonyl (C=O) groups excluding carboxylic acids is 1. The van der Waals surface area contributed by atoms with Gasteiger partial charge in [-0.25, -0.2) is 0 Å². The SMILES string of the molecule is Nc1n[nH]c(C(=O)N2CC(N3CCOCC3)C2)c1Cl. The van der Waals surface area contributed by atoms with E-state index in [4.69, 9.17) is 22.1 Å². The van der Waals surface area contributed by atoms with Gasteiger partial charge in [-0.2, -0.15) is 5.10 Å². The molecule has 0 bridgehead atoms. The molecule has 19 heavy (non-hydrogen) atoms. The second-order valence-corrected chi connectivity index (χ2v) is 5.19. The first-order valence-corrected chi connectivity index (χ1v) is 6.65. The number of hydrogen-bond donors (Lipinski definition) is 2. The lowest BCUT2D eigenvalue weighted by atomic mass is 10.1. The Hall–Kier alpha value is -1.31. The van der Waals surface area contributed by atoms with Crippen LogP contribution in [0.3, 0.4) is 0 Å². The number of nitrogens with zero attached hydrogens (tertiary/aromatic N) is 3. The maximum Gasteiger partial charge on any atom is 0.273 e. The average molecular weight is 286 g/mol. The van der Waals surface area contributed by atoms with Gasteiger partial charge in [-0.1, -0.05) is 11.6 Å². The molecule has 0 aliphatic carbocycles. The predicted octanol–water partition coefficient (Wildman–Crippen LogP) is -0.198. The number of anilines is 1. The average Bonchev–Trinajstić information content (AvgIpc) is 2.69. The van der Waals surface area contributed by atoms with E-state index in [0.717, 1.165) is 26.3 Å². The summed E-state index contributed by atoms with van der Waals surface area (Å²) in [5, 5.41) is 6.53. The third-order valence-corrected chi connectivity index (χ3v) is 4.04. The van der Waals surface area contributed by atoms with E-state index < -0.39 is 0 Å². The number of amides is 1. The van der Waals surface area contributed by atoms with Crippen LogP contribution in [0.25, 0.3) is 0 Å². The molecule has 0 unspecified atom stereocenters. The summed E-state index contributed by atoms with van der Waals surface area (Å²) in [6.07, 6.45) is 0. The number of aromatic nitrogens is 2. The van der Waals surface area contributed by atoms with Gasteiger partial charge in [-0.05, 0) is 0 Å². The van der Waals surface area contributed by atoms with Gasteiger partial charge >= 0.3 is 0 Å². The first kappa shape index (κ1) is 12.7. The first-order chi connectivity index (χ1) is 9.16. The molecule has 2 fully saturated rings. The predicted molar refractivity (Wildman–Crippen MR) is 70.1 cm³/mol. The van der Waals surface area contributed by atoms with Gasteiger partial charge in [0.15, 0.2) is 5.82 Å². The normalized spacial score (nSPS) is 21.4. The maximum atomic E-state index is 12.2. The van der Waals surface area contributed by atoms with Crippen LogP contribution >= 0.6 is 11.6 Å². The summed E-state index contributed by atoms with van der Waals surface area (Å²) in [7, 11) is 0. The number of halogens is 1. The topological polar surface area (TPSA) is 87.5 Å². The highest BCUT2D eigenvalue weighted by Crippen LogP contribution is 2.24. The van der Waals surface area contributed by atoms with Crippen LogP contribution in [0.5, 0.6) is 0 Å². The number of morpholine rings is 1. The van der Waals surface area contributed by atoms with E-state index in [1.54, 1.807) is 4.90 Å². The molecule has 1 amide bonds. The van der Waals surface area contributed by atoms with Crippen molar-refractivity contribution in [3.8, 4) is 0 Å². The van der Waals surface area contributed by atoms with Crippen molar-refractivity contribution in [1.82, 2.24) is 20.0 Å². The molecule has 2 saturated heterocycles. The minimum Gasteiger partial charge on any atom is -0.381 e. The largest absolute Gasteiger partial charge is 0.381 e. The third kappa shape index (κ3) is 2.29. The van der Waals surface area contributed by atoms with E-state index in [2.05, 4.69) is 15.1 Å². The zero-order chi connectivity index (χ0) is 13.4. The Morgan fingerprint density at radius 3 is 2.68 bits per heavy atom. The third-order valence-electron chi connectivity index (χ3n) is 3.66. The van der Waals surface area contributed by atoms with Crippen LogP contribution in [0.1, 0.15) is 10.5 Å². The molecule has 2 aliphatic rings. The summed E-state index contributed by atoms with van der Waals surface area (Å²) < 4.78 is 5.31. The number of rotatable bonds is 2. The van der Waals surface area contributed by atoms with Crippen LogP contribution in [0.2, 0.25) is 5.02 Å². The van der Waals surface area contributed by atoms with E-state index in [0.29, 0.717) is 19.1 Å². The van der Waals surface area contributed by atoms with Crippen molar-refractivity contribution in [3.05, 3.63) is 10.7 Å². The molecule has 7 nitrogen and oxygen atoms in total. The molecule has 8 heteroatoms. The van der Waals surface area contributed by atoms with Crippen LogP contribution in [0.4, 0.5) is 5.82 Å². The van der Waals surface area contributed by atoms with Gasteiger partial charge in [0.2, 0.25) is 0 Å². The fourth-order valence-electron chi connectivity index (χ4n) is 2.44. The quantitative estimate of drug-likeness (QED) is 0.786. The van der Waals surface area contributed by atoms with Crippen molar-refractivity contribution in [1.29, 1.82) is 0 Å². The molecule has 104 valence electrons. The summed E-state index contributed by atoms with van der Waals surface area (Å²) in [6, 6.07) is 0.423. The highest BCUT2D eigenvalue weighted by Gasteiger charge is 2.37. The van der Waals surface area contributed by atoms with Crippen molar-refractivity contribution in [2.75, 3.05) is 45.1 Å². The van der Waals surface area contributed by atoms with E-state index in [9.17, 15) is 4.79 Å². The van der Waals surface area contributed by atoms with Crippen molar-refractivity contribution in [3.63, 3.8) is 0 Å². The fraction of sp³-hybridized carbons (Fsp3) is 0.636. The first-order valence-electron chi connectivity index (χ1n) is 6.27. The fourth-order valence-corrected chi connectivity index (χ4v) is 2.60. The van der Waals surface area contributed by atoms with E-state index in [1.165, 1.54) is 0 Å². The molecule has 3 N–H and O–H groups in total. The van der Waals surface area contributed by atoms with Crippen LogP contribution in [-0.4, -0.2) is 71.3 Å². The summed E-state index contributed by atoms with van der Waals surface area (Å²) in [5.41, 5.74) is 5.79. The van der Waals surface area contributed by atoms with Gasteiger partial charge < -0.3 is 15.4 Å². The van der Waals surface area contributed by atoms with Gasteiger partial charge in [-0.3, -0.25) is 14.8 Å². The van der Waals surface area contributed by atoms with Gasteiger partial charge in [-0.15, -0.1) is 0 Å². The summed E-state index contributed by atoms with van der Waals surface area (Å²) >= 11 is 5.92. The second-order valence-electron chi connectivity index (χ2n) is 4.81. The zero-order valence-electron chi connectivity index (χ0n) is 10.4. The highest BCUT2D eigenvalue weighted by atomic mass is 35.5. The van der Waals surface area contributed by atoms with Crippen molar-refractivity contribution in [2.24, 2.45) is 0 Å². The number of nitrogen functional groups attached to an aromatic ring is 1. The molecule has 2 aliphatic heterocycles. The van der Waals surface area contributed by atoms with Crippen molar-refractivity contribution in [2.45, 2.75) is 6.04 Å². The van der Waals surface area contributed by atoms with Crippen LogP contribution in [0, 0.1) is 0 Å². The van der Waals surface area contributed by atoms with Crippen molar-refractivity contribution >= 4 is 23.3 Å². The zero-order valence-corrected chi connectivity index (χ0v) is 11.2. The van der Waals surface area contributed by atoms with Crippen LogP contribution in [-0.2, 0) is 4.74 Å². The monoisotopic (exact) mass is 285 g/mol. The molecule has 3 rings (SSSR count). The molecule has 0 radical (unpaired) electrons. The Bertz CT molecular complexity index is 479. The maximum absolute atomic E-state index is 12.2. The van der Waals surface area contributed by atoms with Gasteiger partial charge in [0.1, 0.15) is 10.7 Å². The van der Waals surface area contributed by atoms with Gasteiger partial charge in [0.25, 0.3) is 5.91 Å². The molecule has 3 heterocycles. The number of H-pyrrole nitrogens is 1. The Balaban J connectivity index is 1.58. The lowest BCUT2D eigenvalue weighted by molar-refractivity contribution is -0.0257. The molecule has 1 aromatic heterocycles. The number of aromatic amines is 1. The van der Waals surface area contributed by atoms with E-state index in [-0.39, 0.29) is 22.4 Å². The molecule has 0 saturated carbocycles. The van der Waals surface area contributed by atoms with Crippen LogP contribution < -0.4 is 5.73 Å². The lowest BCUT2D eigenvalue weighted by Gasteiger charge is -2.46. The highest BCUT2D eigenvalue weighted by molar-refractivity contribution is 6.35. The van der Waals surface area contributed by atoms with Gasteiger partial charge in [0.05, 0.1) is 13.2 Å². The minimum absolute atomic E-state index is 0.140. The molecular weight excluding hydrogens is 270 g/mol. The molecule has 0 atom stereocenters. The minimum atomic E-state index is -0.140. The Labute approximate surface area is 115 Å². The summed E-state index contributed by atoms with van der Waals surface area (Å²) in [4.78, 5) is 16.3. The van der Waals surface area contributed by atoms with E-state index in [1.807, 2.05) is 0 Å². The van der Waals surface area contributed by atoms with Crippen LogP contribution in [0.15, 0.2) is 0 Å². The molecule has 1 aromatic rings. The Morgan fingerprint density at radius 1 is 1.42 bits per heavy atom. The number of likely N-dealkylation sites (tertiary alicyclic amines) is 1. The van der Waals surface area contributed by atoms with E-state index >= 15 is 0 Å². The smallest absolute Gasteiger partial charge is 0.273 e. The molecule has 0 spiro atoms.